The summed E-state index contributed by atoms with van der Waals surface area (Å²) in [6.07, 6.45) is 3.55. The second-order valence-corrected chi connectivity index (χ2v) is 6.55. The third-order valence-electron chi connectivity index (χ3n) is 4.82. The zero-order chi connectivity index (χ0) is 20.9. The number of nitrogens with zero attached hydrogens (tertiary/aromatic N) is 2. The number of benzene rings is 2. The number of methoxy groups -OCH3 is 3. The summed E-state index contributed by atoms with van der Waals surface area (Å²) in [7, 11) is 4.79. The zero-order valence-electron chi connectivity index (χ0n) is 17.1. The van der Waals surface area contributed by atoms with Crippen LogP contribution in [0.3, 0.4) is 0 Å². The van der Waals surface area contributed by atoms with Crippen LogP contribution in [0.5, 0.6) is 23.1 Å². The van der Waals surface area contributed by atoms with Crippen molar-refractivity contribution in [3.8, 4) is 34.3 Å². The SMILES string of the molecule is COc1cc(-c2cnc(OCc3ccccn3)c3ccccc23)cc(OC)c1OC. The van der Waals surface area contributed by atoms with Crippen LogP contribution < -0.4 is 18.9 Å². The molecule has 4 aromatic rings. The van der Waals surface area contributed by atoms with E-state index in [-0.39, 0.29) is 0 Å². The normalized spacial score (nSPS) is 10.6. The highest BCUT2D eigenvalue weighted by atomic mass is 16.5. The molecule has 0 aliphatic carbocycles. The molecule has 4 rings (SSSR count). The van der Waals surface area contributed by atoms with Gasteiger partial charge in [0.25, 0.3) is 0 Å². The fraction of sp³-hybridized carbons (Fsp3) is 0.167. The summed E-state index contributed by atoms with van der Waals surface area (Å²) in [5, 5.41) is 1.93. The second kappa shape index (κ2) is 8.69. The standard InChI is InChI=1S/C24H22N2O4/c1-27-21-12-16(13-22(28-2)23(21)29-3)20-14-26-24(19-10-5-4-9-18(19)20)30-15-17-8-6-7-11-25-17/h4-14H,15H2,1-3H3. The van der Waals surface area contributed by atoms with Crippen molar-refractivity contribution in [2.75, 3.05) is 21.3 Å². The summed E-state index contributed by atoms with van der Waals surface area (Å²) in [5.74, 6) is 2.29. The Morgan fingerprint density at radius 2 is 1.47 bits per heavy atom. The molecule has 0 amide bonds. The molecule has 2 aromatic carbocycles. The molecule has 30 heavy (non-hydrogen) atoms. The Labute approximate surface area is 175 Å². The molecule has 6 nitrogen and oxygen atoms in total. The van der Waals surface area contributed by atoms with E-state index >= 15 is 0 Å². The van der Waals surface area contributed by atoms with E-state index in [1.807, 2.05) is 54.6 Å². The third kappa shape index (κ3) is 3.72. The first-order valence-electron chi connectivity index (χ1n) is 9.46. The topological polar surface area (TPSA) is 62.7 Å². The highest BCUT2D eigenvalue weighted by molar-refractivity contribution is 5.99. The molecule has 0 saturated carbocycles. The zero-order valence-corrected chi connectivity index (χ0v) is 17.1. The van der Waals surface area contributed by atoms with Crippen LogP contribution in [0.2, 0.25) is 0 Å². The van der Waals surface area contributed by atoms with E-state index in [9.17, 15) is 0 Å². The number of hydrogen-bond acceptors (Lipinski definition) is 6. The lowest BCUT2D eigenvalue weighted by atomic mass is 10.00. The molecule has 0 saturated heterocycles. The van der Waals surface area contributed by atoms with Gasteiger partial charge in [0.05, 0.1) is 27.0 Å². The van der Waals surface area contributed by atoms with Crippen LogP contribution >= 0.6 is 0 Å². The maximum absolute atomic E-state index is 5.98. The van der Waals surface area contributed by atoms with Crippen LogP contribution in [0.15, 0.2) is 67.0 Å². The Morgan fingerprint density at radius 3 is 2.10 bits per heavy atom. The predicted octanol–water partition coefficient (Wildman–Crippen LogP) is 4.90. The van der Waals surface area contributed by atoms with Crippen LogP contribution in [0, 0.1) is 0 Å². The molecular weight excluding hydrogens is 380 g/mol. The summed E-state index contributed by atoms with van der Waals surface area (Å²) < 4.78 is 22.4. The van der Waals surface area contributed by atoms with E-state index in [0.29, 0.717) is 29.7 Å². The minimum Gasteiger partial charge on any atom is -0.493 e. The van der Waals surface area contributed by atoms with E-state index in [1.165, 1.54) is 0 Å². The molecule has 0 radical (unpaired) electrons. The van der Waals surface area contributed by atoms with Gasteiger partial charge in [0.15, 0.2) is 11.5 Å². The Bertz CT molecular complexity index is 1140. The van der Waals surface area contributed by atoms with Crippen molar-refractivity contribution in [1.29, 1.82) is 0 Å². The predicted molar refractivity (Wildman–Crippen MR) is 115 cm³/mol. The number of hydrogen-bond donors (Lipinski definition) is 0. The summed E-state index contributed by atoms with van der Waals surface area (Å²) in [4.78, 5) is 8.89. The molecule has 0 aliphatic heterocycles. The first-order chi connectivity index (χ1) is 14.7. The summed E-state index contributed by atoms with van der Waals surface area (Å²) in [6.45, 7) is 0.349. The molecule has 2 heterocycles. The highest BCUT2D eigenvalue weighted by Gasteiger charge is 2.17. The quantitative estimate of drug-likeness (QED) is 0.438. The summed E-state index contributed by atoms with van der Waals surface area (Å²) in [6, 6.07) is 17.6. The summed E-state index contributed by atoms with van der Waals surface area (Å²) in [5.41, 5.74) is 2.69. The van der Waals surface area contributed by atoms with Gasteiger partial charge in [0, 0.05) is 23.3 Å². The lowest BCUT2D eigenvalue weighted by Crippen LogP contribution is -2.00. The number of fused-ring (bicyclic) bond motifs is 1. The van der Waals surface area contributed by atoms with E-state index in [1.54, 1.807) is 33.7 Å². The van der Waals surface area contributed by atoms with E-state index in [2.05, 4.69) is 9.97 Å². The average molecular weight is 402 g/mol. The van der Waals surface area contributed by atoms with Gasteiger partial charge in [0.1, 0.15) is 6.61 Å². The molecule has 0 bridgehead atoms. The van der Waals surface area contributed by atoms with Gasteiger partial charge in [-0.1, -0.05) is 24.3 Å². The smallest absolute Gasteiger partial charge is 0.221 e. The van der Waals surface area contributed by atoms with Crippen molar-refractivity contribution in [2.45, 2.75) is 6.61 Å². The van der Waals surface area contributed by atoms with Crippen molar-refractivity contribution in [3.05, 3.63) is 72.7 Å². The monoisotopic (exact) mass is 402 g/mol. The Kier molecular flexibility index (Phi) is 5.66. The molecule has 0 fully saturated rings. The number of pyridine rings is 2. The van der Waals surface area contributed by atoms with E-state index in [0.717, 1.165) is 27.6 Å². The molecule has 0 N–H and O–H groups in total. The molecular formula is C24H22N2O4. The third-order valence-corrected chi connectivity index (χ3v) is 4.82. The molecule has 0 unspecified atom stereocenters. The van der Waals surface area contributed by atoms with Crippen LogP contribution in [-0.2, 0) is 6.61 Å². The Balaban J connectivity index is 1.78. The lowest BCUT2D eigenvalue weighted by molar-refractivity contribution is 0.293. The minimum absolute atomic E-state index is 0.349. The molecule has 2 aromatic heterocycles. The first-order valence-corrected chi connectivity index (χ1v) is 9.46. The van der Waals surface area contributed by atoms with E-state index < -0.39 is 0 Å². The van der Waals surface area contributed by atoms with Crippen LogP contribution in [0.1, 0.15) is 5.69 Å². The average Bonchev–Trinajstić information content (AvgIpc) is 2.82. The first kappa shape index (κ1) is 19.5. The lowest BCUT2D eigenvalue weighted by Gasteiger charge is -2.16. The molecule has 0 atom stereocenters. The number of rotatable bonds is 7. The van der Waals surface area contributed by atoms with Crippen molar-refractivity contribution in [2.24, 2.45) is 0 Å². The highest BCUT2D eigenvalue weighted by Crippen LogP contribution is 2.43. The fourth-order valence-corrected chi connectivity index (χ4v) is 3.37. The van der Waals surface area contributed by atoms with Gasteiger partial charge >= 0.3 is 0 Å². The second-order valence-electron chi connectivity index (χ2n) is 6.55. The van der Waals surface area contributed by atoms with E-state index in [4.69, 9.17) is 18.9 Å². The number of aromatic nitrogens is 2. The Morgan fingerprint density at radius 1 is 0.767 bits per heavy atom. The van der Waals surface area contributed by atoms with Crippen molar-refractivity contribution >= 4 is 10.8 Å². The largest absolute Gasteiger partial charge is 0.493 e. The van der Waals surface area contributed by atoms with Crippen LogP contribution in [0.25, 0.3) is 21.9 Å². The van der Waals surface area contributed by atoms with Gasteiger partial charge in [-0.15, -0.1) is 0 Å². The maximum Gasteiger partial charge on any atom is 0.221 e. The molecule has 0 spiro atoms. The van der Waals surface area contributed by atoms with Crippen molar-refractivity contribution < 1.29 is 18.9 Å². The molecule has 152 valence electrons. The van der Waals surface area contributed by atoms with Gasteiger partial charge in [-0.3, -0.25) is 4.98 Å². The molecule has 0 aliphatic rings. The molecule has 6 heteroatoms. The van der Waals surface area contributed by atoms with Crippen molar-refractivity contribution in [3.63, 3.8) is 0 Å². The van der Waals surface area contributed by atoms with Crippen LogP contribution in [-0.4, -0.2) is 31.3 Å². The Hall–Kier alpha value is -3.80. The van der Waals surface area contributed by atoms with Gasteiger partial charge in [-0.05, 0) is 41.3 Å². The number of ether oxygens (including phenoxy) is 4. The maximum atomic E-state index is 5.98. The van der Waals surface area contributed by atoms with Gasteiger partial charge in [0.2, 0.25) is 11.6 Å². The van der Waals surface area contributed by atoms with Gasteiger partial charge in [-0.2, -0.15) is 0 Å². The minimum atomic E-state index is 0.349. The fourth-order valence-electron chi connectivity index (χ4n) is 3.37. The van der Waals surface area contributed by atoms with Gasteiger partial charge < -0.3 is 18.9 Å². The van der Waals surface area contributed by atoms with Gasteiger partial charge in [-0.25, -0.2) is 4.98 Å². The van der Waals surface area contributed by atoms with Crippen molar-refractivity contribution in [1.82, 2.24) is 9.97 Å². The van der Waals surface area contributed by atoms with Crippen LogP contribution in [0.4, 0.5) is 0 Å². The summed E-state index contributed by atoms with van der Waals surface area (Å²) >= 11 is 0.